The molecule has 0 aliphatic heterocycles. The molecule has 18 heavy (non-hydrogen) atoms. The molecule has 1 rings (SSSR count). The molecular weight excluding hydrogens is 234 g/mol. The molecule has 0 aliphatic rings. The molecule has 0 bridgehead atoms. The molecule has 0 aromatic heterocycles. The topological polar surface area (TPSA) is 89.8 Å². The zero-order valence-electron chi connectivity index (χ0n) is 10.6. The first kappa shape index (κ1) is 14.5. The van der Waals surface area contributed by atoms with Crippen LogP contribution in [0.4, 0.5) is 0 Å². The van der Waals surface area contributed by atoms with Gasteiger partial charge in [0.05, 0.1) is 6.10 Å². The summed E-state index contributed by atoms with van der Waals surface area (Å²) in [5, 5.41) is 31.9. The van der Waals surface area contributed by atoms with E-state index < -0.39 is 12.2 Å². The van der Waals surface area contributed by atoms with Crippen molar-refractivity contribution in [3.8, 4) is 5.75 Å². The third kappa shape index (κ3) is 4.01. The molecule has 0 fully saturated rings. The van der Waals surface area contributed by atoms with Gasteiger partial charge in [0.2, 0.25) is 5.91 Å². The number of rotatable bonds is 5. The second-order valence-electron chi connectivity index (χ2n) is 4.35. The summed E-state index contributed by atoms with van der Waals surface area (Å²) in [5.41, 5.74) is 1.16. The minimum absolute atomic E-state index is 0.0407. The summed E-state index contributed by atoms with van der Waals surface area (Å²) < 4.78 is 0. The summed E-state index contributed by atoms with van der Waals surface area (Å²) in [5.74, 6) is -0.226. The monoisotopic (exact) mass is 253 g/mol. The molecule has 0 spiro atoms. The summed E-state index contributed by atoms with van der Waals surface area (Å²) >= 11 is 0. The van der Waals surface area contributed by atoms with Gasteiger partial charge in [0, 0.05) is 19.0 Å². The van der Waals surface area contributed by atoms with Crippen LogP contribution in [-0.2, 0) is 4.79 Å². The van der Waals surface area contributed by atoms with E-state index >= 15 is 0 Å². The number of aliphatic hydroxyl groups excluding tert-OH is 2. The molecule has 0 aliphatic carbocycles. The molecule has 4 N–H and O–H groups in total. The predicted molar refractivity (Wildman–Crippen MR) is 67.1 cm³/mol. The Morgan fingerprint density at radius 3 is 2.61 bits per heavy atom. The van der Waals surface area contributed by atoms with Gasteiger partial charge in [-0.2, -0.15) is 0 Å². The first-order valence-corrected chi connectivity index (χ1v) is 5.82. The average Bonchev–Trinajstić information content (AvgIpc) is 2.27. The summed E-state index contributed by atoms with van der Waals surface area (Å²) in [6.45, 7) is 3.48. The van der Waals surface area contributed by atoms with Gasteiger partial charge in [0.25, 0.3) is 0 Å². The molecule has 5 nitrogen and oxygen atoms in total. The van der Waals surface area contributed by atoms with E-state index in [4.69, 9.17) is 0 Å². The predicted octanol–water partition coefficient (Wildman–Crippen LogP) is 0.621. The number of hydrogen-bond acceptors (Lipinski definition) is 4. The normalized spacial score (nSPS) is 14.0. The zero-order chi connectivity index (χ0) is 13.7. The summed E-state index contributed by atoms with van der Waals surface area (Å²) in [7, 11) is 0. The Bertz CT molecular complexity index is 419. The summed E-state index contributed by atoms with van der Waals surface area (Å²) in [6, 6.07) is 4.86. The van der Waals surface area contributed by atoms with Crippen LogP contribution in [0.25, 0.3) is 0 Å². The molecule has 1 aromatic rings. The lowest BCUT2D eigenvalue weighted by atomic mass is 10.00. The van der Waals surface area contributed by atoms with Crippen molar-refractivity contribution in [2.24, 2.45) is 0 Å². The van der Waals surface area contributed by atoms with Crippen molar-refractivity contribution >= 4 is 5.91 Å². The minimum Gasteiger partial charge on any atom is -0.508 e. The lowest BCUT2D eigenvalue weighted by molar-refractivity contribution is -0.119. The van der Waals surface area contributed by atoms with Crippen molar-refractivity contribution in [3.05, 3.63) is 29.3 Å². The molecule has 0 saturated heterocycles. The van der Waals surface area contributed by atoms with Crippen LogP contribution in [0.15, 0.2) is 18.2 Å². The summed E-state index contributed by atoms with van der Waals surface area (Å²) in [6.07, 6.45) is -1.99. The molecule has 1 amide bonds. The first-order valence-electron chi connectivity index (χ1n) is 5.82. The number of aromatic hydroxyl groups is 1. The number of hydrogen-bond donors (Lipinski definition) is 4. The van der Waals surface area contributed by atoms with E-state index in [1.54, 1.807) is 12.1 Å². The average molecular weight is 253 g/mol. The molecule has 2 atom stereocenters. The van der Waals surface area contributed by atoms with Crippen LogP contribution in [0.5, 0.6) is 5.75 Å². The number of phenols is 1. The van der Waals surface area contributed by atoms with E-state index in [1.165, 1.54) is 13.0 Å². The van der Waals surface area contributed by atoms with E-state index in [0.29, 0.717) is 0 Å². The highest BCUT2D eigenvalue weighted by Crippen LogP contribution is 2.28. The third-order valence-electron chi connectivity index (χ3n) is 2.68. The SMILES string of the molecule is CC(=O)NCCC(O)C(O)c1ccc(C)cc1O. The van der Waals surface area contributed by atoms with Gasteiger partial charge in [-0.05, 0) is 25.0 Å². The van der Waals surface area contributed by atoms with E-state index in [1.807, 2.05) is 6.92 Å². The highest BCUT2D eigenvalue weighted by atomic mass is 16.3. The third-order valence-corrected chi connectivity index (χ3v) is 2.68. The van der Waals surface area contributed by atoms with Crippen molar-refractivity contribution in [1.29, 1.82) is 0 Å². The van der Waals surface area contributed by atoms with Crippen LogP contribution in [0.2, 0.25) is 0 Å². The summed E-state index contributed by atoms with van der Waals surface area (Å²) in [4.78, 5) is 10.7. The molecule has 0 saturated carbocycles. The minimum atomic E-state index is -1.17. The van der Waals surface area contributed by atoms with Crippen LogP contribution in [0, 0.1) is 6.92 Å². The lowest BCUT2D eigenvalue weighted by Crippen LogP contribution is -2.27. The van der Waals surface area contributed by atoms with Crippen LogP contribution in [-0.4, -0.2) is 33.9 Å². The maximum absolute atomic E-state index is 10.7. The van der Waals surface area contributed by atoms with Crippen LogP contribution < -0.4 is 5.32 Å². The zero-order valence-corrected chi connectivity index (χ0v) is 10.6. The number of nitrogens with one attached hydrogen (secondary N) is 1. The van der Waals surface area contributed by atoms with Gasteiger partial charge in [-0.3, -0.25) is 4.79 Å². The Hall–Kier alpha value is -1.59. The highest BCUT2D eigenvalue weighted by molar-refractivity contribution is 5.72. The largest absolute Gasteiger partial charge is 0.508 e. The standard InChI is InChI=1S/C13H19NO4/c1-8-3-4-10(12(17)7-8)13(18)11(16)5-6-14-9(2)15/h3-4,7,11,13,16-18H,5-6H2,1-2H3,(H,14,15). The molecule has 1 aromatic carbocycles. The number of carbonyl (C=O) groups is 1. The Morgan fingerprint density at radius 1 is 1.39 bits per heavy atom. The molecule has 100 valence electrons. The van der Waals surface area contributed by atoms with Gasteiger partial charge in [-0.1, -0.05) is 12.1 Å². The first-order chi connectivity index (χ1) is 8.41. The quantitative estimate of drug-likeness (QED) is 0.619. The van der Waals surface area contributed by atoms with Gasteiger partial charge in [0.1, 0.15) is 11.9 Å². The Morgan fingerprint density at radius 2 is 2.06 bits per heavy atom. The smallest absolute Gasteiger partial charge is 0.216 e. The number of phenolic OH excluding ortho intramolecular Hbond substituents is 1. The van der Waals surface area contributed by atoms with Crippen molar-refractivity contribution in [2.45, 2.75) is 32.5 Å². The van der Waals surface area contributed by atoms with Gasteiger partial charge >= 0.3 is 0 Å². The number of aryl methyl sites for hydroxylation is 1. The van der Waals surface area contributed by atoms with E-state index in [2.05, 4.69) is 5.32 Å². The number of benzene rings is 1. The number of amides is 1. The van der Waals surface area contributed by atoms with Gasteiger partial charge in [-0.25, -0.2) is 0 Å². The maximum atomic E-state index is 10.7. The maximum Gasteiger partial charge on any atom is 0.216 e. The Labute approximate surface area is 106 Å². The van der Waals surface area contributed by atoms with Gasteiger partial charge in [-0.15, -0.1) is 0 Å². The molecule has 5 heteroatoms. The molecule has 0 heterocycles. The fraction of sp³-hybridized carbons (Fsp3) is 0.462. The lowest BCUT2D eigenvalue weighted by Gasteiger charge is -2.19. The van der Waals surface area contributed by atoms with E-state index in [0.717, 1.165) is 5.56 Å². The van der Waals surface area contributed by atoms with Crippen molar-refractivity contribution < 1.29 is 20.1 Å². The van der Waals surface area contributed by atoms with Gasteiger partial charge in [0.15, 0.2) is 0 Å². The van der Waals surface area contributed by atoms with Crippen LogP contribution in [0.1, 0.15) is 30.6 Å². The fourth-order valence-corrected chi connectivity index (χ4v) is 1.67. The van der Waals surface area contributed by atoms with Crippen molar-refractivity contribution in [2.75, 3.05) is 6.54 Å². The fourth-order valence-electron chi connectivity index (χ4n) is 1.67. The Kier molecular flexibility index (Phi) is 5.12. The second-order valence-corrected chi connectivity index (χ2v) is 4.35. The number of carbonyl (C=O) groups excluding carboxylic acids is 1. The Balaban J connectivity index is 2.62. The van der Waals surface area contributed by atoms with E-state index in [9.17, 15) is 20.1 Å². The molecule has 2 unspecified atom stereocenters. The van der Waals surface area contributed by atoms with Crippen LogP contribution >= 0.6 is 0 Å². The van der Waals surface area contributed by atoms with Crippen molar-refractivity contribution in [3.63, 3.8) is 0 Å². The highest BCUT2D eigenvalue weighted by Gasteiger charge is 2.20. The van der Waals surface area contributed by atoms with Gasteiger partial charge < -0.3 is 20.6 Å². The second kappa shape index (κ2) is 6.37. The molecule has 0 radical (unpaired) electrons. The molecular formula is C13H19NO4. The van der Waals surface area contributed by atoms with E-state index in [-0.39, 0.29) is 30.2 Å². The van der Waals surface area contributed by atoms with Crippen LogP contribution in [0.3, 0.4) is 0 Å². The van der Waals surface area contributed by atoms with Crippen molar-refractivity contribution in [1.82, 2.24) is 5.32 Å². The number of aliphatic hydroxyl groups is 2.